The van der Waals surface area contributed by atoms with Crippen LogP contribution in [0, 0.1) is 5.82 Å². The van der Waals surface area contributed by atoms with E-state index in [2.05, 4.69) is 25.5 Å². The first kappa shape index (κ1) is 14.0. The topological polar surface area (TPSA) is 79.4 Å². The summed E-state index contributed by atoms with van der Waals surface area (Å²) in [5, 5.41) is 26.1. The van der Waals surface area contributed by atoms with Crippen LogP contribution in [0.2, 0.25) is 0 Å². The second-order valence-corrected chi connectivity index (χ2v) is 5.67. The van der Waals surface area contributed by atoms with E-state index in [0.717, 1.165) is 12.8 Å². The summed E-state index contributed by atoms with van der Waals surface area (Å²) in [6, 6.07) is 9.90. The summed E-state index contributed by atoms with van der Waals surface area (Å²) in [4.78, 5) is 2.05. The minimum Gasteiger partial charge on any atom is -0.387 e. The van der Waals surface area contributed by atoms with Gasteiger partial charge >= 0.3 is 0 Å². The van der Waals surface area contributed by atoms with Crippen molar-refractivity contribution in [1.82, 2.24) is 25.3 Å². The molecule has 1 fully saturated rings. The zero-order valence-corrected chi connectivity index (χ0v) is 12.2. The van der Waals surface area contributed by atoms with Gasteiger partial charge in [0.2, 0.25) is 0 Å². The molecule has 2 heterocycles. The lowest BCUT2D eigenvalue weighted by molar-refractivity contribution is 0.182. The fourth-order valence-corrected chi connectivity index (χ4v) is 2.59. The van der Waals surface area contributed by atoms with Gasteiger partial charge in [0.1, 0.15) is 5.82 Å². The van der Waals surface area contributed by atoms with Gasteiger partial charge in [-0.05, 0) is 53.1 Å². The maximum Gasteiger partial charge on any atom is 0.200 e. The predicted molar refractivity (Wildman–Crippen MR) is 80.3 cm³/mol. The van der Waals surface area contributed by atoms with Crippen LogP contribution in [-0.4, -0.2) is 42.9 Å². The lowest BCUT2D eigenvalue weighted by atomic mass is 10.1. The highest BCUT2D eigenvalue weighted by atomic mass is 19.1. The number of benzene rings is 1. The molecule has 1 aliphatic rings. The lowest BCUT2D eigenvalue weighted by Crippen LogP contribution is -2.32. The standard InChI is InChI=1S/C15H15FN6O/c16-11-3-1-10(2-4-11)13(23)9-21(12-5-6-12)15-8-7-14-17-19-20-22(14)18-15/h1-4,7-8,12-13,23H,5-6,9H2/t13-/m1/s1. The van der Waals surface area contributed by atoms with Crippen LogP contribution in [0.3, 0.4) is 0 Å². The first-order chi connectivity index (χ1) is 11.2. The molecule has 0 unspecified atom stereocenters. The molecule has 2 aromatic heterocycles. The summed E-state index contributed by atoms with van der Waals surface area (Å²) < 4.78 is 14.4. The summed E-state index contributed by atoms with van der Waals surface area (Å²) in [5.74, 6) is 0.402. The van der Waals surface area contributed by atoms with E-state index in [0.29, 0.717) is 29.6 Å². The van der Waals surface area contributed by atoms with Gasteiger partial charge in [-0.2, -0.15) is 0 Å². The molecule has 0 saturated heterocycles. The Bertz CT molecular complexity index is 816. The maximum absolute atomic E-state index is 13.0. The normalized spacial score (nSPS) is 15.7. The summed E-state index contributed by atoms with van der Waals surface area (Å²) in [7, 11) is 0. The van der Waals surface area contributed by atoms with Crippen molar-refractivity contribution < 1.29 is 9.50 Å². The Balaban J connectivity index is 1.59. The Kier molecular flexibility index (Phi) is 3.38. The highest BCUT2D eigenvalue weighted by molar-refractivity contribution is 5.46. The van der Waals surface area contributed by atoms with Gasteiger partial charge in [0.25, 0.3) is 0 Å². The summed E-state index contributed by atoms with van der Waals surface area (Å²) in [6.45, 7) is 0.386. The molecule has 1 aromatic carbocycles. The number of aromatic nitrogens is 5. The van der Waals surface area contributed by atoms with Gasteiger partial charge in [0, 0.05) is 12.6 Å². The van der Waals surface area contributed by atoms with Crippen LogP contribution in [0.4, 0.5) is 10.2 Å². The van der Waals surface area contributed by atoms with E-state index >= 15 is 0 Å². The van der Waals surface area contributed by atoms with Crippen LogP contribution >= 0.6 is 0 Å². The van der Waals surface area contributed by atoms with Crippen molar-refractivity contribution in [2.24, 2.45) is 0 Å². The molecule has 0 amide bonds. The number of aliphatic hydroxyl groups excluding tert-OH is 1. The molecule has 1 N–H and O–H groups in total. The molecule has 0 aliphatic heterocycles. The van der Waals surface area contributed by atoms with E-state index in [1.807, 2.05) is 6.07 Å². The number of nitrogens with zero attached hydrogens (tertiary/aromatic N) is 6. The van der Waals surface area contributed by atoms with Crippen molar-refractivity contribution in [1.29, 1.82) is 0 Å². The average Bonchev–Trinajstić information content (AvgIpc) is 3.29. The molecule has 4 rings (SSSR count). The second-order valence-electron chi connectivity index (χ2n) is 5.67. The van der Waals surface area contributed by atoms with Crippen LogP contribution in [0.15, 0.2) is 36.4 Å². The van der Waals surface area contributed by atoms with E-state index < -0.39 is 6.10 Å². The third-order valence-electron chi connectivity index (χ3n) is 3.96. The van der Waals surface area contributed by atoms with Gasteiger partial charge in [-0.15, -0.1) is 14.8 Å². The van der Waals surface area contributed by atoms with E-state index in [4.69, 9.17) is 0 Å². The highest BCUT2D eigenvalue weighted by Crippen LogP contribution is 2.32. The van der Waals surface area contributed by atoms with Crippen molar-refractivity contribution in [3.63, 3.8) is 0 Å². The van der Waals surface area contributed by atoms with Crippen molar-refractivity contribution in [3.05, 3.63) is 47.8 Å². The number of anilines is 1. The monoisotopic (exact) mass is 314 g/mol. The van der Waals surface area contributed by atoms with Crippen molar-refractivity contribution >= 4 is 11.5 Å². The Morgan fingerprint density at radius 1 is 1.22 bits per heavy atom. The summed E-state index contributed by atoms with van der Waals surface area (Å²) >= 11 is 0. The van der Waals surface area contributed by atoms with Crippen LogP contribution < -0.4 is 4.90 Å². The quantitative estimate of drug-likeness (QED) is 0.766. The third kappa shape index (κ3) is 2.85. The molecule has 23 heavy (non-hydrogen) atoms. The van der Waals surface area contributed by atoms with E-state index in [1.165, 1.54) is 16.8 Å². The molecule has 0 spiro atoms. The molecule has 118 valence electrons. The van der Waals surface area contributed by atoms with Crippen LogP contribution in [0.25, 0.3) is 5.65 Å². The zero-order valence-electron chi connectivity index (χ0n) is 12.2. The maximum atomic E-state index is 13.0. The Hall–Kier alpha value is -2.61. The van der Waals surface area contributed by atoms with E-state index in [-0.39, 0.29) is 5.82 Å². The molecule has 1 atom stereocenters. The average molecular weight is 314 g/mol. The molecule has 1 aliphatic carbocycles. The fraction of sp³-hybridized carbons (Fsp3) is 0.333. The lowest BCUT2D eigenvalue weighted by Gasteiger charge is -2.26. The van der Waals surface area contributed by atoms with Crippen molar-refractivity contribution in [2.75, 3.05) is 11.4 Å². The third-order valence-corrected chi connectivity index (χ3v) is 3.96. The van der Waals surface area contributed by atoms with Gasteiger partial charge in [-0.25, -0.2) is 4.39 Å². The number of rotatable bonds is 5. The van der Waals surface area contributed by atoms with Gasteiger partial charge in [0.05, 0.1) is 6.10 Å². The Labute approximate surface area is 131 Å². The van der Waals surface area contributed by atoms with Gasteiger partial charge in [-0.3, -0.25) is 0 Å². The molecule has 7 nitrogen and oxygen atoms in total. The first-order valence-electron chi connectivity index (χ1n) is 7.46. The van der Waals surface area contributed by atoms with Crippen LogP contribution in [0.5, 0.6) is 0 Å². The smallest absolute Gasteiger partial charge is 0.200 e. The summed E-state index contributed by atoms with van der Waals surface area (Å²) in [5.41, 5.74) is 1.25. The van der Waals surface area contributed by atoms with Crippen LogP contribution in [0.1, 0.15) is 24.5 Å². The Morgan fingerprint density at radius 2 is 2.00 bits per heavy atom. The van der Waals surface area contributed by atoms with Crippen LogP contribution in [-0.2, 0) is 0 Å². The number of halogens is 1. The predicted octanol–water partition coefficient (Wildman–Crippen LogP) is 1.36. The van der Waals surface area contributed by atoms with E-state index in [9.17, 15) is 9.50 Å². The number of tetrazole rings is 1. The van der Waals surface area contributed by atoms with E-state index in [1.54, 1.807) is 18.2 Å². The molecule has 0 radical (unpaired) electrons. The minimum absolute atomic E-state index is 0.314. The number of fused-ring (bicyclic) bond motifs is 1. The number of aliphatic hydroxyl groups is 1. The molecule has 1 saturated carbocycles. The fourth-order valence-electron chi connectivity index (χ4n) is 2.59. The second kappa shape index (κ2) is 5.54. The first-order valence-corrected chi connectivity index (χ1v) is 7.46. The van der Waals surface area contributed by atoms with Crippen molar-refractivity contribution in [3.8, 4) is 0 Å². The number of hydrogen-bond acceptors (Lipinski definition) is 6. The van der Waals surface area contributed by atoms with Gasteiger partial charge in [0.15, 0.2) is 11.5 Å². The molecule has 0 bridgehead atoms. The summed E-state index contributed by atoms with van der Waals surface area (Å²) in [6.07, 6.45) is 1.40. The van der Waals surface area contributed by atoms with Gasteiger partial charge < -0.3 is 10.0 Å². The molecular weight excluding hydrogens is 299 g/mol. The SMILES string of the molecule is O[C@H](CN(c1ccc2nnnn2n1)C1CC1)c1ccc(F)cc1. The number of hydrogen-bond donors (Lipinski definition) is 1. The largest absolute Gasteiger partial charge is 0.387 e. The van der Waals surface area contributed by atoms with Crippen molar-refractivity contribution in [2.45, 2.75) is 25.0 Å². The van der Waals surface area contributed by atoms with Gasteiger partial charge in [-0.1, -0.05) is 12.1 Å². The Morgan fingerprint density at radius 3 is 2.74 bits per heavy atom. The highest BCUT2D eigenvalue weighted by Gasteiger charge is 2.32. The molecule has 3 aromatic rings. The zero-order chi connectivity index (χ0) is 15.8. The molecule has 8 heteroatoms. The molecular formula is C15H15FN6O. The minimum atomic E-state index is -0.720.